The molecule has 1 aromatic rings. The van der Waals surface area contributed by atoms with Crippen molar-refractivity contribution in [3.63, 3.8) is 0 Å². The quantitative estimate of drug-likeness (QED) is 0.702. The third-order valence-corrected chi connectivity index (χ3v) is 4.92. The van der Waals surface area contributed by atoms with Crippen LogP contribution >= 0.6 is 23.2 Å². The molecule has 2 nitrogen and oxygen atoms in total. The number of hydrogen-bond acceptors (Lipinski definition) is 2. The number of aromatic nitrogens is 1. The average molecular weight is 316 g/mol. The summed E-state index contributed by atoms with van der Waals surface area (Å²) in [5.74, 6) is 2.98. The first-order valence-corrected chi connectivity index (χ1v) is 8.29. The number of halogens is 2. The van der Waals surface area contributed by atoms with Gasteiger partial charge in [-0.2, -0.15) is 0 Å². The van der Waals surface area contributed by atoms with E-state index < -0.39 is 0 Å². The van der Waals surface area contributed by atoms with Gasteiger partial charge in [0.05, 0.1) is 5.02 Å². The Kier molecular flexibility index (Phi) is 5.57. The largest absolute Gasteiger partial charge is 0.474 e. The third kappa shape index (κ3) is 3.79. The summed E-state index contributed by atoms with van der Waals surface area (Å²) in [5.41, 5.74) is 0.878. The predicted octanol–water partition coefficient (Wildman–Crippen LogP) is 5.31. The van der Waals surface area contributed by atoms with Gasteiger partial charge in [0.15, 0.2) is 0 Å². The van der Waals surface area contributed by atoms with Crippen LogP contribution in [0.4, 0.5) is 0 Å². The van der Waals surface area contributed by atoms with Crippen molar-refractivity contribution in [2.75, 3.05) is 0 Å². The second-order valence-electron chi connectivity index (χ2n) is 6.23. The molecule has 4 heteroatoms. The van der Waals surface area contributed by atoms with Gasteiger partial charge in [0.1, 0.15) is 6.10 Å². The predicted molar refractivity (Wildman–Crippen MR) is 84.6 cm³/mol. The van der Waals surface area contributed by atoms with Crippen molar-refractivity contribution in [1.82, 2.24) is 4.98 Å². The smallest absolute Gasteiger partial charge is 0.213 e. The Bertz CT molecular complexity index is 450. The molecule has 0 saturated heterocycles. The zero-order valence-electron chi connectivity index (χ0n) is 12.4. The van der Waals surface area contributed by atoms with Gasteiger partial charge >= 0.3 is 0 Å². The third-order valence-electron chi connectivity index (χ3n) is 4.29. The van der Waals surface area contributed by atoms with Crippen molar-refractivity contribution in [2.45, 2.75) is 52.0 Å². The summed E-state index contributed by atoms with van der Waals surface area (Å²) in [6.07, 6.45) is 5.51. The summed E-state index contributed by atoms with van der Waals surface area (Å²) >= 11 is 11.9. The zero-order valence-corrected chi connectivity index (χ0v) is 13.9. The molecule has 0 aromatic carbocycles. The van der Waals surface area contributed by atoms with Gasteiger partial charge in [-0.3, -0.25) is 0 Å². The van der Waals surface area contributed by atoms with Crippen LogP contribution in [0.15, 0.2) is 12.3 Å². The van der Waals surface area contributed by atoms with E-state index in [1.54, 1.807) is 6.20 Å². The van der Waals surface area contributed by atoms with E-state index >= 15 is 0 Å². The van der Waals surface area contributed by atoms with Crippen LogP contribution in [-0.4, -0.2) is 11.1 Å². The van der Waals surface area contributed by atoms with E-state index in [9.17, 15) is 0 Å². The molecule has 1 heterocycles. The normalized spacial score (nSPS) is 26.8. The second-order valence-corrected chi connectivity index (χ2v) is 6.90. The summed E-state index contributed by atoms with van der Waals surface area (Å²) in [4.78, 5) is 4.29. The lowest BCUT2D eigenvalue weighted by molar-refractivity contribution is 0.0426. The zero-order chi connectivity index (χ0) is 14.7. The topological polar surface area (TPSA) is 22.1 Å². The SMILES string of the molecule is CC1CCC(C(C)C)C(Oc2cc(CCl)c(Cl)cn2)C1. The van der Waals surface area contributed by atoms with Gasteiger partial charge in [0.25, 0.3) is 0 Å². The highest BCUT2D eigenvalue weighted by Crippen LogP contribution is 2.36. The molecule has 0 bridgehead atoms. The molecule has 0 radical (unpaired) electrons. The molecule has 0 N–H and O–H groups in total. The number of nitrogens with zero attached hydrogens (tertiary/aromatic N) is 1. The van der Waals surface area contributed by atoms with Gasteiger partial charge in [-0.15, -0.1) is 11.6 Å². The van der Waals surface area contributed by atoms with Gasteiger partial charge in [0, 0.05) is 18.1 Å². The molecule has 0 spiro atoms. The van der Waals surface area contributed by atoms with Crippen LogP contribution in [0.5, 0.6) is 5.88 Å². The molecule has 3 atom stereocenters. The fourth-order valence-electron chi connectivity index (χ4n) is 3.03. The standard InChI is InChI=1S/C16H23Cl2NO/c1-10(2)13-5-4-11(3)6-15(13)20-16-7-12(8-17)14(18)9-19-16/h7,9-11,13,15H,4-6,8H2,1-3H3. The van der Waals surface area contributed by atoms with Gasteiger partial charge in [-0.1, -0.05) is 38.8 Å². The van der Waals surface area contributed by atoms with E-state index in [-0.39, 0.29) is 6.10 Å². The lowest BCUT2D eigenvalue weighted by atomic mass is 9.75. The van der Waals surface area contributed by atoms with E-state index in [1.165, 1.54) is 12.8 Å². The van der Waals surface area contributed by atoms with E-state index in [0.717, 1.165) is 17.9 Å². The minimum atomic E-state index is 0.246. The van der Waals surface area contributed by atoms with Crippen molar-refractivity contribution in [3.05, 3.63) is 22.8 Å². The highest BCUT2D eigenvalue weighted by molar-refractivity contribution is 6.32. The molecule has 1 aliphatic carbocycles. The fraction of sp³-hybridized carbons (Fsp3) is 0.688. The van der Waals surface area contributed by atoms with E-state index in [0.29, 0.717) is 28.6 Å². The van der Waals surface area contributed by atoms with E-state index in [1.807, 2.05) is 6.07 Å². The highest BCUT2D eigenvalue weighted by atomic mass is 35.5. The second kappa shape index (κ2) is 7.00. The Balaban J connectivity index is 2.13. The van der Waals surface area contributed by atoms with Crippen molar-refractivity contribution in [1.29, 1.82) is 0 Å². The van der Waals surface area contributed by atoms with Crippen LogP contribution in [0.1, 0.15) is 45.6 Å². The number of alkyl halides is 1. The van der Waals surface area contributed by atoms with Gasteiger partial charge in [-0.05, 0) is 36.2 Å². The number of ether oxygens (including phenoxy) is 1. The maximum Gasteiger partial charge on any atom is 0.213 e. The summed E-state index contributed by atoms with van der Waals surface area (Å²) in [6.45, 7) is 6.85. The van der Waals surface area contributed by atoms with Crippen molar-refractivity contribution in [2.24, 2.45) is 17.8 Å². The van der Waals surface area contributed by atoms with Gasteiger partial charge < -0.3 is 4.74 Å². The van der Waals surface area contributed by atoms with Gasteiger partial charge in [-0.25, -0.2) is 4.98 Å². The van der Waals surface area contributed by atoms with Crippen LogP contribution in [0.25, 0.3) is 0 Å². The van der Waals surface area contributed by atoms with Crippen LogP contribution in [-0.2, 0) is 5.88 Å². The molecule has 20 heavy (non-hydrogen) atoms. The first-order valence-electron chi connectivity index (χ1n) is 7.38. The van der Waals surface area contributed by atoms with Crippen molar-refractivity contribution >= 4 is 23.2 Å². The molecule has 1 saturated carbocycles. The van der Waals surface area contributed by atoms with Crippen LogP contribution in [0.2, 0.25) is 5.02 Å². The van der Waals surface area contributed by atoms with Crippen LogP contribution in [0.3, 0.4) is 0 Å². The first-order chi connectivity index (χ1) is 9.51. The molecule has 0 aliphatic heterocycles. The minimum Gasteiger partial charge on any atom is -0.474 e. The lowest BCUT2D eigenvalue weighted by Gasteiger charge is -2.37. The molecule has 0 amide bonds. The molecular weight excluding hydrogens is 293 g/mol. The molecule has 1 aliphatic rings. The summed E-state index contributed by atoms with van der Waals surface area (Å²) in [5, 5.41) is 0.602. The molecule has 1 fully saturated rings. The Morgan fingerprint density at radius 1 is 1.40 bits per heavy atom. The molecule has 1 aromatic heterocycles. The minimum absolute atomic E-state index is 0.246. The van der Waals surface area contributed by atoms with E-state index in [4.69, 9.17) is 27.9 Å². The van der Waals surface area contributed by atoms with Crippen LogP contribution in [0, 0.1) is 17.8 Å². The Morgan fingerprint density at radius 3 is 2.80 bits per heavy atom. The number of hydrogen-bond donors (Lipinski definition) is 0. The average Bonchev–Trinajstić information content (AvgIpc) is 2.40. The fourth-order valence-corrected chi connectivity index (χ4v) is 3.49. The number of rotatable bonds is 4. The van der Waals surface area contributed by atoms with Crippen molar-refractivity contribution < 1.29 is 4.74 Å². The van der Waals surface area contributed by atoms with E-state index in [2.05, 4.69) is 25.8 Å². The molecule has 112 valence electrons. The van der Waals surface area contributed by atoms with Crippen LogP contribution < -0.4 is 4.74 Å². The molecular formula is C16H23Cl2NO. The number of pyridine rings is 1. The summed E-state index contributed by atoms with van der Waals surface area (Å²) in [7, 11) is 0. The first kappa shape index (κ1) is 15.9. The monoisotopic (exact) mass is 315 g/mol. The summed E-state index contributed by atoms with van der Waals surface area (Å²) < 4.78 is 6.17. The van der Waals surface area contributed by atoms with Crippen molar-refractivity contribution in [3.8, 4) is 5.88 Å². The molecule has 2 rings (SSSR count). The maximum atomic E-state index is 6.17. The Labute approximate surface area is 131 Å². The maximum absolute atomic E-state index is 6.17. The Hall–Kier alpha value is -0.470. The molecule has 3 unspecified atom stereocenters. The lowest BCUT2D eigenvalue weighted by Crippen LogP contribution is -2.36. The van der Waals surface area contributed by atoms with Gasteiger partial charge in [0.2, 0.25) is 5.88 Å². The summed E-state index contributed by atoms with van der Waals surface area (Å²) in [6, 6.07) is 1.87. The highest BCUT2D eigenvalue weighted by Gasteiger charge is 2.32. The Morgan fingerprint density at radius 2 is 2.15 bits per heavy atom.